The Hall–Kier alpha value is -3.06. The second-order valence-electron chi connectivity index (χ2n) is 6.01. The first-order chi connectivity index (χ1) is 13.0. The number of amides is 1. The Morgan fingerprint density at radius 2 is 2.04 bits per heavy atom. The SMILES string of the molecule is CCN(CCO)c1ccc(NC(=O)OCc2ccc(C=O)c(O)c2)c(C)c1. The number of hydrogen-bond donors (Lipinski definition) is 3. The maximum Gasteiger partial charge on any atom is 0.411 e. The van der Waals surface area contributed by atoms with E-state index >= 15 is 0 Å². The van der Waals surface area contributed by atoms with E-state index in [-0.39, 0.29) is 24.5 Å². The van der Waals surface area contributed by atoms with Gasteiger partial charge in [-0.25, -0.2) is 4.79 Å². The molecule has 3 N–H and O–H groups in total. The lowest BCUT2D eigenvalue weighted by Crippen LogP contribution is -2.26. The number of rotatable bonds is 8. The van der Waals surface area contributed by atoms with E-state index in [1.165, 1.54) is 12.1 Å². The largest absolute Gasteiger partial charge is 0.507 e. The third-order valence-corrected chi connectivity index (χ3v) is 4.16. The number of aliphatic hydroxyl groups excluding tert-OH is 1. The van der Waals surface area contributed by atoms with Crippen molar-refractivity contribution >= 4 is 23.8 Å². The number of likely N-dealkylation sites (N-methyl/N-ethyl adjacent to an activating group) is 1. The molecule has 27 heavy (non-hydrogen) atoms. The molecule has 0 unspecified atom stereocenters. The molecule has 0 aliphatic carbocycles. The summed E-state index contributed by atoms with van der Waals surface area (Å²) in [5.41, 5.74) is 3.22. The summed E-state index contributed by atoms with van der Waals surface area (Å²) in [5, 5.41) is 21.5. The summed E-state index contributed by atoms with van der Waals surface area (Å²) >= 11 is 0. The summed E-state index contributed by atoms with van der Waals surface area (Å²) in [5.74, 6) is -0.152. The summed E-state index contributed by atoms with van der Waals surface area (Å²) in [7, 11) is 0. The van der Waals surface area contributed by atoms with Crippen molar-refractivity contribution < 1.29 is 24.5 Å². The second kappa shape index (κ2) is 9.59. The van der Waals surface area contributed by atoms with Gasteiger partial charge in [-0.3, -0.25) is 10.1 Å². The fourth-order valence-electron chi connectivity index (χ4n) is 2.65. The third kappa shape index (κ3) is 5.46. The highest BCUT2D eigenvalue weighted by atomic mass is 16.5. The predicted molar refractivity (Wildman–Crippen MR) is 103 cm³/mol. The quantitative estimate of drug-likeness (QED) is 0.616. The third-order valence-electron chi connectivity index (χ3n) is 4.16. The minimum atomic E-state index is -0.618. The monoisotopic (exact) mass is 372 g/mol. The topological polar surface area (TPSA) is 99.1 Å². The molecule has 0 saturated carbocycles. The molecule has 0 saturated heterocycles. The van der Waals surface area contributed by atoms with Crippen LogP contribution in [-0.4, -0.2) is 42.3 Å². The molecule has 1 amide bonds. The zero-order valence-corrected chi connectivity index (χ0v) is 15.4. The number of aromatic hydroxyl groups is 1. The number of carbonyl (C=O) groups is 2. The van der Waals surface area contributed by atoms with Gasteiger partial charge in [0.15, 0.2) is 6.29 Å². The Labute approximate surface area is 158 Å². The van der Waals surface area contributed by atoms with E-state index in [2.05, 4.69) is 5.32 Å². The number of aryl methyl sites for hydroxylation is 1. The minimum Gasteiger partial charge on any atom is -0.507 e. The van der Waals surface area contributed by atoms with Gasteiger partial charge in [-0.1, -0.05) is 6.07 Å². The van der Waals surface area contributed by atoms with Crippen molar-refractivity contribution in [3.05, 3.63) is 53.1 Å². The number of aldehydes is 1. The van der Waals surface area contributed by atoms with Crippen molar-refractivity contribution in [1.29, 1.82) is 0 Å². The lowest BCUT2D eigenvalue weighted by Gasteiger charge is -2.23. The molecule has 2 aromatic rings. The van der Waals surface area contributed by atoms with Gasteiger partial charge in [-0.15, -0.1) is 0 Å². The standard InChI is InChI=1S/C20H24N2O5/c1-3-22(8-9-23)17-6-7-18(14(2)10-17)21-20(26)27-13-15-4-5-16(12-24)19(25)11-15/h4-7,10-12,23,25H,3,8-9,13H2,1-2H3,(H,21,26). The molecule has 0 heterocycles. The second-order valence-corrected chi connectivity index (χ2v) is 6.01. The molecule has 0 aromatic heterocycles. The number of aliphatic hydroxyl groups is 1. The van der Waals surface area contributed by atoms with Gasteiger partial charge in [0, 0.05) is 24.5 Å². The van der Waals surface area contributed by atoms with Crippen LogP contribution in [0.4, 0.5) is 16.2 Å². The molecule has 2 aromatic carbocycles. The van der Waals surface area contributed by atoms with Crippen LogP contribution in [0.3, 0.4) is 0 Å². The number of phenols is 1. The molecular formula is C20H24N2O5. The summed E-state index contributed by atoms with van der Waals surface area (Å²) in [6, 6.07) is 10.1. The van der Waals surface area contributed by atoms with Gasteiger partial charge in [0.05, 0.1) is 12.2 Å². The van der Waals surface area contributed by atoms with Crippen molar-refractivity contribution in [3.63, 3.8) is 0 Å². The maximum absolute atomic E-state index is 12.0. The number of hydrogen-bond acceptors (Lipinski definition) is 6. The zero-order valence-electron chi connectivity index (χ0n) is 15.4. The highest BCUT2D eigenvalue weighted by Gasteiger charge is 2.10. The normalized spacial score (nSPS) is 10.3. The summed E-state index contributed by atoms with van der Waals surface area (Å²) in [6.45, 7) is 5.24. The van der Waals surface area contributed by atoms with Crippen molar-refractivity contribution in [3.8, 4) is 5.75 Å². The Morgan fingerprint density at radius 3 is 2.63 bits per heavy atom. The van der Waals surface area contributed by atoms with Crippen LogP contribution >= 0.6 is 0 Å². The maximum atomic E-state index is 12.0. The molecule has 0 aliphatic heterocycles. The zero-order chi connectivity index (χ0) is 19.8. The lowest BCUT2D eigenvalue weighted by atomic mass is 10.1. The van der Waals surface area contributed by atoms with Crippen LogP contribution in [0.2, 0.25) is 0 Å². The van der Waals surface area contributed by atoms with Crippen molar-refractivity contribution in [2.24, 2.45) is 0 Å². The van der Waals surface area contributed by atoms with E-state index in [0.29, 0.717) is 24.1 Å². The Morgan fingerprint density at radius 1 is 1.26 bits per heavy atom. The minimum absolute atomic E-state index is 0.0320. The molecule has 0 aliphatic rings. The Bertz CT molecular complexity index is 807. The van der Waals surface area contributed by atoms with Crippen LogP contribution in [-0.2, 0) is 11.3 Å². The molecule has 0 spiro atoms. The summed E-state index contributed by atoms with van der Waals surface area (Å²) < 4.78 is 5.16. The molecule has 0 fully saturated rings. The number of ether oxygens (including phenoxy) is 1. The average molecular weight is 372 g/mol. The molecule has 7 heteroatoms. The molecule has 0 bridgehead atoms. The number of nitrogens with one attached hydrogen (secondary N) is 1. The van der Waals surface area contributed by atoms with Gasteiger partial charge in [0.25, 0.3) is 0 Å². The first-order valence-electron chi connectivity index (χ1n) is 8.65. The fourth-order valence-corrected chi connectivity index (χ4v) is 2.65. The van der Waals surface area contributed by atoms with E-state index in [1.807, 2.05) is 30.9 Å². The summed E-state index contributed by atoms with van der Waals surface area (Å²) in [6.07, 6.45) is -0.0631. The van der Waals surface area contributed by atoms with Crippen molar-refractivity contribution in [2.75, 3.05) is 29.9 Å². The first kappa shape index (κ1) is 20.3. The van der Waals surface area contributed by atoms with Crippen LogP contribution in [0.25, 0.3) is 0 Å². The van der Waals surface area contributed by atoms with E-state index < -0.39 is 6.09 Å². The van der Waals surface area contributed by atoms with E-state index in [4.69, 9.17) is 9.84 Å². The molecule has 144 valence electrons. The Kier molecular flexibility index (Phi) is 7.19. The predicted octanol–water partition coefficient (Wildman–Crippen LogP) is 3.08. The van der Waals surface area contributed by atoms with Crippen LogP contribution in [0.15, 0.2) is 36.4 Å². The van der Waals surface area contributed by atoms with Crippen LogP contribution in [0, 0.1) is 6.92 Å². The fraction of sp³-hybridized carbons (Fsp3) is 0.300. The highest BCUT2D eigenvalue weighted by Crippen LogP contribution is 2.23. The van der Waals surface area contributed by atoms with Crippen molar-refractivity contribution in [2.45, 2.75) is 20.5 Å². The number of nitrogens with zero attached hydrogens (tertiary/aromatic N) is 1. The number of anilines is 2. The number of carbonyl (C=O) groups excluding carboxylic acids is 2. The van der Waals surface area contributed by atoms with Gasteiger partial charge < -0.3 is 19.8 Å². The molecule has 0 atom stereocenters. The van der Waals surface area contributed by atoms with Crippen LogP contribution in [0.5, 0.6) is 5.75 Å². The first-order valence-corrected chi connectivity index (χ1v) is 8.65. The molecule has 0 radical (unpaired) electrons. The number of benzene rings is 2. The van der Waals surface area contributed by atoms with Gasteiger partial charge in [-0.2, -0.15) is 0 Å². The molecule has 7 nitrogen and oxygen atoms in total. The highest BCUT2D eigenvalue weighted by molar-refractivity contribution is 5.86. The number of phenolic OH excluding ortho intramolecular Hbond substituents is 1. The van der Waals surface area contributed by atoms with Gasteiger partial charge in [-0.05, 0) is 55.3 Å². The van der Waals surface area contributed by atoms with Gasteiger partial charge >= 0.3 is 6.09 Å². The van der Waals surface area contributed by atoms with Gasteiger partial charge in [0.2, 0.25) is 0 Å². The van der Waals surface area contributed by atoms with E-state index in [1.54, 1.807) is 12.1 Å². The molecule has 2 rings (SSSR count). The summed E-state index contributed by atoms with van der Waals surface area (Å²) in [4.78, 5) is 24.8. The smallest absolute Gasteiger partial charge is 0.411 e. The lowest BCUT2D eigenvalue weighted by molar-refractivity contribution is 0.112. The van der Waals surface area contributed by atoms with E-state index in [0.717, 1.165) is 17.8 Å². The van der Waals surface area contributed by atoms with E-state index in [9.17, 15) is 14.7 Å². The van der Waals surface area contributed by atoms with Crippen LogP contribution < -0.4 is 10.2 Å². The van der Waals surface area contributed by atoms with Crippen LogP contribution in [0.1, 0.15) is 28.4 Å². The average Bonchev–Trinajstić information content (AvgIpc) is 2.66. The van der Waals surface area contributed by atoms with Crippen molar-refractivity contribution in [1.82, 2.24) is 0 Å². The van der Waals surface area contributed by atoms with Gasteiger partial charge in [0.1, 0.15) is 12.4 Å². The Balaban J connectivity index is 1.97. The molecular weight excluding hydrogens is 348 g/mol.